The second kappa shape index (κ2) is 6.44. The SMILES string of the molecule is CNC(=O)c1cnc2ccc(-c3ccccc3-c3cccc(C)n3)cn12. The van der Waals surface area contributed by atoms with E-state index in [4.69, 9.17) is 0 Å². The number of hydrogen-bond acceptors (Lipinski definition) is 3. The highest BCUT2D eigenvalue weighted by atomic mass is 16.1. The van der Waals surface area contributed by atoms with Gasteiger partial charge in [-0.25, -0.2) is 4.98 Å². The summed E-state index contributed by atoms with van der Waals surface area (Å²) in [5.41, 5.74) is 6.26. The number of fused-ring (bicyclic) bond motifs is 1. The van der Waals surface area contributed by atoms with Gasteiger partial charge in [0.05, 0.1) is 11.9 Å². The van der Waals surface area contributed by atoms with E-state index in [0.29, 0.717) is 5.69 Å². The zero-order valence-electron chi connectivity index (χ0n) is 14.6. The zero-order valence-corrected chi connectivity index (χ0v) is 14.6. The van der Waals surface area contributed by atoms with Gasteiger partial charge in [0.25, 0.3) is 5.91 Å². The Kier molecular flexibility index (Phi) is 3.97. The Balaban J connectivity index is 1.90. The Morgan fingerprint density at radius 1 is 1.00 bits per heavy atom. The smallest absolute Gasteiger partial charge is 0.269 e. The summed E-state index contributed by atoms with van der Waals surface area (Å²) in [7, 11) is 1.62. The number of aromatic nitrogens is 3. The Morgan fingerprint density at radius 2 is 1.81 bits per heavy atom. The predicted molar refractivity (Wildman–Crippen MR) is 102 cm³/mol. The number of hydrogen-bond donors (Lipinski definition) is 1. The van der Waals surface area contributed by atoms with Crippen LogP contribution < -0.4 is 5.32 Å². The number of rotatable bonds is 3. The molecular formula is C21H18N4O. The maximum Gasteiger partial charge on any atom is 0.269 e. The van der Waals surface area contributed by atoms with Gasteiger partial charge in [-0.05, 0) is 42.3 Å². The van der Waals surface area contributed by atoms with Gasteiger partial charge in [-0.15, -0.1) is 0 Å². The minimum absolute atomic E-state index is 0.164. The number of aryl methyl sites for hydroxylation is 1. The molecule has 0 atom stereocenters. The number of carbonyl (C=O) groups is 1. The topological polar surface area (TPSA) is 59.3 Å². The third kappa shape index (κ3) is 2.73. The standard InChI is InChI=1S/C21H18N4O/c1-14-6-5-9-18(24-14)17-8-4-3-7-16(17)15-10-11-20-23-12-19(21(26)22-2)25(20)13-15/h3-13H,1-2H3,(H,22,26). The number of imidazole rings is 1. The first kappa shape index (κ1) is 16.0. The van der Waals surface area contributed by atoms with E-state index in [-0.39, 0.29) is 5.91 Å². The van der Waals surface area contributed by atoms with Crippen molar-refractivity contribution >= 4 is 11.6 Å². The first-order valence-corrected chi connectivity index (χ1v) is 8.40. The molecule has 1 aromatic carbocycles. The number of nitrogens with one attached hydrogen (secondary N) is 1. The Hall–Kier alpha value is -3.47. The largest absolute Gasteiger partial charge is 0.354 e. The molecule has 1 N–H and O–H groups in total. The van der Waals surface area contributed by atoms with Crippen molar-refractivity contribution in [1.29, 1.82) is 0 Å². The van der Waals surface area contributed by atoms with Crippen molar-refractivity contribution in [3.05, 3.63) is 78.4 Å². The second-order valence-corrected chi connectivity index (χ2v) is 6.08. The molecule has 3 heterocycles. The fourth-order valence-electron chi connectivity index (χ4n) is 3.09. The van der Waals surface area contributed by atoms with E-state index in [9.17, 15) is 4.79 Å². The molecule has 0 spiro atoms. The summed E-state index contributed by atoms with van der Waals surface area (Å²) >= 11 is 0. The quantitative estimate of drug-likeness (QED) is 0.617. The van der Waals surface area contributed by atoms with Crippen LogP contribution in [0.1, 0.15) is 16.2 Å². The van der Waals surface area contributed by atoms with E-state index in [1.165, 1.54) is 0 Å². The van der Waals surface area contributed by atoms with Crippen LogP contribution in [-0.4, -0.2) is 27.3 Å². The number of benzene rings is 1. The Labute approximate surface area is 151 Å². The van der Waals surface area contributed by atoms with Gasteiger partial charge in [-0.2, -0.15) is 0 Å². The minimum atomic E-state index is -0.164. The molecule has 128 valence electrons. The first-order valence-electron chi connectivity index (χ1n) is 8.40. The average Bonchev–Trinajstić information content (AvgIpc) is 3.10. The lowest BCUT2D eigenvalue weighted by Gasteiger charge is -2.11. The molecule has 4 aromatic rings. The van der Waals surface area contributed by atoms with Gasteiger partial charge in [-0.1, -0.05) is 30.3 Å². The lowest BCUT2D eigenvalue weighted by atomic mass is 9.98. The van der Waals surface area contributed by atoms with Gasteiger partial charge in [-0.3, -0.25) is 14.2 Å². The third-order valence-electron chi connectivity index (χ3n) is 4.37. The van der Waals surface area contributed by atoms with Crippen molar-refractivity contribution in [3.8, 4) is 22.4 Å². The molecule has 0 saturated carbocycles. The summed E-state index contributed by atoms with van der Waals surface area (Å²) in [6, 6.07) is 18.1. The third-order valence-corrected chi connectivity index (χ3v) is 4.37. The van der Waals surface area contributed by atoms with Gasteiger partial charge >= 0.3 is 0 Å². The van der Waals surface area contributed by atoms with Crippen molar-refractivity contribution < 1.29 is 4.79 Å². The maximum absolute atomic E-state index is 12.1. The van der Waals surface area contributed by atoms with Crippen molar-refractivity contribution in [1.82, 2.24) is 19.7 Å². The monoisotopic (exact) mass is 342 g/mol. The van der Waals surface area contributed by atoms with Crippen LogP contribution in [0.2, 0.25) is 0 Å². The van der Waals surface area contributed by atoms with Gasteiger partial charge in [0, 0.05) is 24.5 Å². The van der Waals surface area contributed by atoms with E-state index in [0.717, 1.165) is 33.7 Å². The second-order valence-electron chi connectivity index (χ2n) is 6.08. The predicted octanol–water partition coefficient (Wildman–Crippen LogP) is 3.73. The molecule has 0 saturated heterocycles. The Bertz CT molecular complexity index is 1110. The molecule has 3 aromatic heterocycles. The summed E-state index contributed by atoms with van der Waals surface area (Å²) in [5, 5.41) is 2.65. The van der Waals surface area contributed by atoms with Crippen LogP contribution in [0.4, 0.5) is 0 Å². The van der Waals surface area contributed by atoms with Crippen LogP contribution in [0.15, 0.2) is 67.0 Å². The molecule has 5 nitrogen and oxygen atoms in total. The van der Waals surface area contributed by atoms with Crippen LogP contribution in [-0.2, 0) is 0 Å². The molecule has 0 unspecified atom stereocenters. The highest BCUT2D eigenvalue weighted by Gasteiger charge is 2.13. The van der Waals surface area contributed by atoms with Crippen molar-refractivity contribution in [2.24, 2.45) is 0 Å². The van der Waals surface area contributed by atoms with E-state index < -0.39 is 0 Å². The maximum atomic E-state index is 12.1. The lowest BCUT2D eigenvalue weighted by Crippen LogP contribution is -2.19. The van der Waals surface area contributed by atoms with E-state index in [2.05, 4.69) is 27.4 Å². The van der Waals surface area contributed by atoms with Crippen LogP contribution in [0.5, 0.6) is 0 Å². The summed E-state index contributed by atoms with van der Waals surface area (Å²) in [6.45, 7) is 1.99. The molecule has 0 aliphatic rings. The highest BCUT2D eigenvalue weighted by Crippen LogP contribution is 2.31. The summed E-state index contributed by atoms with van der Waals surface area (Å²) in [6.07, 6.45) is 3.54. The number of pyridine rings is 2. The van der Waals surface area contributed by atoms with Crippen molar-refractivity contribution in [2.45, 2.75) is 6.92 Å². The molecule has 1 amide bonds. The Morgan fingerprint density at radius 3 is 2.58 bits per heavy atom. The van der Waals surface area contributed by atoms with Crippen molar-refractivity contribution in [3.63, 3.8) is 0 Å². The molecule has 0 aliphatic carbocycles. The fraction of sp³-hybridized carbons (Fsp3) is 0.0952. The van der Waals surface area contributed by atoms with Crippen LogP contribution in [0.3, 0.4) is 0 Å². The molecule has 0 radical (unpaired) electrons. The highest BCUT2D eigenvalue weighted by molar-refractivity contribution is 5.93. The molecule has 5 heteroatoms. The molecule has 26 heavy (non-hydrogen) atoms. The summed E-state index contributed by atoms with van der Waals surface area (Å²) in [5.74, 6) is -0.164. The van der Waals surface area contributed by atoms with Gasteiger partial charge in [0.2, 0.25) is 0 Å². The van der Waals surface area contributed by atoms with Crippen molar-refractivity contribution in [2.75, 3.05) is 7.05 Å². The molecule has 0 bridgehead atoms. The van der Waals surface area contributed by atoms with Crippen LogP contribution in [0.25, 0.3) is 28.0 Å². The summed E-state index contributed by atoms with van der Waals surface area (Å²) < 4.78 is 1.81. The molecule has 4 rings (SSSR count). The molecule has 0 aliphatic heterocycles. The van der Waals surface area contributed by atoms with Crippen LogP contribution >= 0.6 is 0 Å². The summed E-state index contributed by atoms with van der Waals surface area (Å²) in [4.78, 5) is 21.0. The zero-order chi connectivity index (χ0) is 18.1. The fourth-order valence-corrected chi connectivity index (χ4v) is 3.09. The van der Waals surface area contributed by atoms with Crippen LogP contribution in [0, 0.1) is 6.92 Å². The van der Waals surface area contributed by atoms with Gasteiger partial charge < -0.3 is 5.32 Å². The molecule has 0 fully saturated rings. The normalized spacial score (nSPS) is 10.8. The number of carbonyl (C=O) groups excluding carboxylic acids is 1. The average molecular weight is 342 g/mol. The number of amides is 1. The van der Waals surface area contributed by atoms with Gasteiger partial charge in [0.1, 0.15) is 11.3 Å². The minimum Gasteiger partial charge on any atom is -0.354 e. The van der Waals surface area contributed by atoms with E-state index in [1.807, 2.05) is 60.0 Å². The first-order chi connectivity index (χ1) is 12.7. The van der Waals surface area contributed by atoms with Gasteiger partial charge in [0.15, 0.2) is 0 Å². The lowest BCUT2D eigenvalue weighted by molar-refractivity contribution is 0.0957. The van der Waals surface area contributed by atoms with E-state index in [1.54, 1.807) is 13.2 Å². The molecular weight excluding hydrogens is 324 g/mol. The van der Waals surface area contributed by atoms with E-state index >= 15 is 0 Å². The number of nitrogens with zero attached hydrogens (tertiary/aromatic N) is 3.